The number of nitro groups is 3. The van der Waals surface area contributed by atoms with Crippen LogP contribution in [-0.2, 0) is 6.54 Å². The molecule has 1 saturated heterocycles. The van der Waals surface area contributed by atoms with Gasteiger partial charge in [-0.2, -0.15) is 0 Å². The van der Waals surface area contributed by atoms with Gasteiger partial charge in [0.05, 0.1) is 45.7 Å². The Morgan fingerprint density at radius 1 is 0.875 bits per heavy atom. The average Bonchev–Trinajstić information content (AvgIpc) is 3.22. The number of fused-ring (bicyclic) bond motifs is 1. The molecule has 14 heteroatoms. The summed E-state index contributed by atoms with van der Waals surface area (Å²) in [4.78, 5) is 30.0. The lowest BCUT2D eigenvalue weighted by molar-refractivity contribution is -0.663. The van der Waals surface area contributed by atoms with Crippen molar-refractivity contribution in [2.24, 2.45) is 0 Å². The summed E-state index contributed by atoms with van der Waals surface area (Å²) in [5.41, 5.74) is -1.95. The zero-order valence-electron chi connectivity index (χ0n) is 16.7. The largest absolute Gasteiger partial charge is 0.863 e. The van der Waals surface area contributed by atoms with E-state index < -0.39 is 37.6 Å². The molecule has 0 amide bonds. The van der Waals surface area contributed by atoms with Crippen molar-refractivity contribution >= 4 is 17.1 Å². The molecule has 32 heavy (non-hydrogen) atoms. The molecule has 2 aromatic rings. The highest BCUT2D eigenvalue weighted by Gasteiger charge is 2.24. The topological polar surface area (TPSA) is 191 Å². The van der Waals surface area contributed by atoms with E-state index >= 15 is 0 Å². The molecule has 0 aliphatic carbocycles. The third-order valence-electron chi connectivity index (χ3n) is 4.78. The predicted octanol–water partition coefficient (Wildman–Crippen LogP) is 0.279. The molecule has 2 N–H and O–H groups in total. The second-order valence-electron chi connectivity index (χ2n) is 6.91. The van der Waals surface area contributed by atoms with Gasteiger partial charge in [0.1, 0.15) is 0 Å². The molecule has 0 unspecified atom stereocenters. The van der Waals surface area contributed by atoms with Crippen LogP contribution in [0, 0.1) is 30.3 Å². The van der Waals surface area contributed by atoms with Crippen molar-refractivity contribution in [1.29, 1.82) is 0 Å². The van der Waals surface area contributed by atoms with E-state index in [2.05, 4.69) is 22.3 Å². The molecule has 0 bridgehead atoms. The summed E-state index contributed by atoms with van der Waals surface area (Å²) >= 11 is 0. The molecule has 2 heterocycles. The van der Waals surface area contributed by atoms with E-state index in [1.807, 2.05) is 6.07 Å². The summed E-state index contributed by atoms with van der Waals surface area (Å²) < 4.78 is 10.7. The predicted molar refractivity (Wildman–Crippen MR) is 105 cm³/mol. The molecular formula is C18H19N5O9. The normalized spacial score (nSPS) is 14.9. The molecule has 14 nitrogen and oxygen atoms in total. The zero-order chi connectivity index (χ0) is 23.3. The van der Waals surface area contributed by atoms with Gasteiger partial charge in [0.2, 0.25) is 6.79 Å². The molecule has 1 fully saturated rings. The lowest BCUT2D eigenvalue weighted by Crippen LogP contribution is -2.89. The van der Waals surface area contributed by atoms with Crippen LogP contribution in [0.4, 0.5) is 17.1 Å². The van der Waals surface area contributed by atoms with Crippen LogP contribution in [0.15, 0.2) is 30.3 Å². The Morgan fingerprint density at radius 2 is 1.47 bits per heavy atom. The number of rotatable bonds is 5. The van der Waals surface area contributed by atoms with Crippen molar-refractivity contribution in [3.05, 3.63) is 66.2 Å². The highest BCUT2D eigenvalue weighted by molar-refractivity contribution is 5.64. The van der Waals surface area contributed by atoms with E-state index in [9.17, 15) is 35.4 Å². The Labute approximate surface area is 180 Å². The van der Waals surface area contributed by atoms with Gasteiger partial charge in [-0.3, -0.25) is 35.2 Å². The maximum atomic E-state index is 11.1. The number of nitrogens with zero attached hydrogens (tertiary/aromatic N) is 4. The summed E-state index contributed by atoms with van der Waals surface area (Å²) in [5.74, 6) is 0.303. The van der Waals surface area contributed by atoms with Crippen molar-refractivity contribution in [3.63, 3.8) is 0 Å². The molecule has 2 aliphatic heterocycles. The fourth-order valence-corrected chi connectivity index (χ4v) is 3.22. The Bertz CT molecular complexity index is 1000. The number of hydrogen-bond acceptors (Lipinski definition) is 10. The van der Waals surface area contributed by atoms with Crippen molar-refractivity contribution in [1.82, 2.24) is 4.90 Å². The van der Waals surface area contributed by atoms with Gasteiger partial charge in [0.15, 0.2) is 11.5 Å². The smallest absolute Gasteiger partial charge is 0.283 e. The number of nitrogens with two attached hydrogens (primary N) is 1. The van der Waals surface area contributed by atoms with Gasteiger partial charge in [-0.25, -0.2) is 0 Å². The maximum Gasteiger partial charge on any atom is 0.283 e. The van der Waals surface area contributed by atoms with Crippen LogP contribution in [0.2, 0.25) is 0 Å². The number of piperazine rings is 1. The van der Waals surface area contributed by atoms with Gasteiger partial charge in [0.25, 0.3) is 17.1 Å². The van der Waals surface area contributed by atoms with Crippen molar-refractivity contribution in [2.45, 2.75) is 6.54 Å². The summed E-state index contributed by atoms with van der Waals surface area (Å²) in [7, 11) is 0. The number of hydrogen-bond donors (Lipinski definition) is 1. The van der Waals surface area contributed by atoms with Crippen LogP contribution < -0.4 is 19.9 Å². The first-order valence-corrected chi connectivity index (χ1v) is 9.47. The van der Waals surface area contributed by atoms with E-state index in [1.54, 1.807) is 0 Å². The lowest BCUT2D eigenvalue weighted by atomic mass is 10.2. The Hall–Kier alpha value is -4.04. The molecule has 0 radical (unpaired) electrons. The van der Waals surface area contributed by atoms with Gasteiger partial charge in [-0.05, 0) is 17.7 Å². The number of ether oxygens (including phenoxy) is 2. The molecule has 0 aromatic heterocycles. The minimum Gasteiger partial charge on any atom is -0.863 e. The van der Waals surface area contributed by atoms with Crippen LogP contribution in [0.1, 0.15) is 5.56 Å². The first-order valence-electron chi connectivity index (χ1n) is 9.47. The monoisotopic (exact) mass is 449 g/mol. The van der Waals surface area contributed by atoms with Crippen molar-refractivity contribution in [2.75, 3.05) is 33.0 Å². The second-order valence-corrected chi connectivity index (χ2v) is 6.91. The lowest BCUT2D eigenvalue weighted by Gasteiger charge is -2.24. The quantitative estimate of drug-likeness (QED) is 0.490. The van der Waals surface area contributed by atoms with E-state index in [-0.39, 0.29) is 0 Å². The van der Waals surface area contributed by atoms with Crippen LogP contribution in [-0.4, -0.2) is 52.6 Å². The molecule has 170 valence electrons. The maximum absolute atomic E-state index is 11.1. The third-order valence-corrected chi connectivity index (χ3v) is 4.78. The van der Waals surface area contributed by atoms with Gasteiger partial charge >= 0.3 is 0 Å². The molecule has 0 atom stereocenters. The van der Waals surface area contributed by atoms with Crippen LogP contribution >= 0.6 is 0 Å². The highest BCUT2D eigenvalue weighted by atomic mass is 16.7. The van der Waals surface area contributed by atoms with E-state index in [0.29, 0.717) is 18.9 Å². The first-order chi connectivity index (χ1) is 15.3. The number of non-ortho nitro benzene ring substituents is 1. The summed E-state index contributed by atoms with van der Waals surface area (Å²) in [6, 6.07) is 7.00. The summed E-state index contributed by atoms with van der Waals surface area (Å²) in [6.45, 7) is 6.15. The molecule has 0 saturated carbocycles. The van der Waals surface area contributed by atoms with E-state index in [4.69, 9.17) is 9.47 Å². The van der Waals surface area contributed by atoms with E-state index in [1.165, 1.54) is 31.7 Å². The minimum absolute atomic E-state index is 0.359. The Balaban J connectivity index is 0.000000181. The van der Waals surface area contributed by atoms with Gasteiger partial charge in [-0.15, -0.1) is 0 Å². The summed E-state index contributed by atoms with van der Waals surface area (Å²) in [6.07, 6.45) is 0. The van der Waals surface area contributed by atoms with Crippen molar-refractivity contribution in [3.8, 4) is 17.2 Å². The Kier molecular flexibility index (Phi) is 6.97. The van der Waals surface area contributed by atoms with Crippen LogP contribution in [0.5, 0.6) is 17.2 Å². The van der Waals surface area contributed by atoms with Crippen LogP contribution in [0.3, 0.4) is 0 Å². The second kappa shape index (κ2) is 9.84. The third kappa shape index (κ3) is 5.35. The van der Waals surface area contributed by atoms with Crippen molar-refractivity contribution < 1.29 is 34.7 Å². The zero-order valence-corrected chi connectivity index (χ0v) is 16.7. The van der Waals surface area contributed by atoms with Gasteiger partial charge < -0.3 is 19.9 Å². The molecule has 0 spiro atoms. The fraction of sp³-hybridized carbons (Fsp3) is 0.333. The van der Waals surface area contributed by atoms with Gasteiger partial charge in [0, 0.05) is 19.6 Å². The van der Waals surface area contributed by atoms with E-state index in [0.717, 1.165) is 18.0 Å². The minimum atomic E-state index is -1.46. The highest BCUT2D eigenvalue weighted by Crippen LogP contribution is 2.37. The Morgan fingerprint density at radius 3 is 2.03 bits per heavy atom. The van der Waals surface area contributed by atoms with Crippen LogP contribution in [0.25, 0.3) is 0 Å². The SMILES string of the molecule is O=[N+]([O-])c1cc([N+](=O)[O-])c([O-])c([N+](=O)[O-])c1.c1cc2c(cc1CN1CC[NH2+]CC1)OCO2. The number of benzene rings is 2. The fourth-order valence-electron chi connectivity index (χ4n) is 3.22. The summed E-state index contributed by atoms with van der Waals surface area (Å²) in [5, 5.41) is 44.5. The molecule has 2 aliphatic rings. The van der Waals surface area contributed by atoms with Gasteiger partial charge in [-0.1, -0.05) is 6.07 Å². The standard InChI is InChI=1S/C12H16N2O2.C6H3N3O7/c1-2-11-12(16-9-15-11)7-10(1)8-14-5-3-13-4-6-14;10-6-4(8(13)14)1-3(7(11)12)2-5(6)9(15)16/h1-2,7,13H,3-6,8-9H2;1-2,10H. The number of quaternary nitrogens is 1. The molecule has 2 aromatic carbocycles. The molecular weight excluding hydrogens is 430 g/mol. The average molecular weight is 449 g/mol. The molecule has 4 rings (SSSR count). The first kappa shape index (κ1) is 22.6. The number of nitro benzene ring substituents is 3.